The first kappa shape index (κ1) is 10.2. The van der Waals surface area contributed by atoms with Crippen molar-refractivity contribution in [3.8, 4) is 11.4 Å². The molecule has 0 fully saturated rings. The first-order valence-electron chi connectivity index (χ1n) is 4.80. The third-order valence-corrected chi connectivity index (χ3v) is 2.32. The number of hydrogen-bond donors (Lipinski definition) is 2. The molecule has 2 aromatic heterocycles. The van der Waals surface area contributed by atoms with Gasteiger partial charge in [-0.05, 0) is 10.3 Å². The van der Waals surface area contributed by atoms with Crippen molar-refractivity contribution >= 4 is 17.3 Å². The zero-order chi connectivity index (χ0) is 12.7. The quantitative estimate of drug-likeness (QED) is 0.554. The Morgan fingerprint density at radius 3 is 3.00 bits per heavy atom. The number of fused-ring (bicyclic) bond motifs is 1. The van der Waals surface area contributed by atoms with E-state index >= 15 is 0 Å². The number of aromatic nitrogens is 5. The van der Waals surface area contributed by atoms with Crippen LogP contribution in [0.2, 0.25) is 0 Å². The zero-order valence-electron chi connectivity index (χ0n) is 8.69. The zero-order valence-corrected chi connectivity index (χ0v) is 8.69. The summed E-state index contributed by atoms with van der Waals surface area (Å²) >= 11 is 0. The number of nitrogens with one attached hydrogen (secondary N) is 1. The lowest BCUT2D eigenvalue weighted by atomic mass is 10.2. The van der Waals surface area contributed by atoms with Crippen LogP contribution in [0.15, 0.2) is 22.8 Å². The van der Waals surface area contributed by atoms with Gasteiger partial charge in [-0.2, -0.15) is 0 Å². The molecular formula is C9H5N5O4. The summed E-state index contributed by atoms with van der Waals surface area (Å²) in [6, 6.07) is 3.81. The molecule has 0 amide bonds. The van der Waals surface area contributed by atoms with Crippen molar-refractivity contribution in [2.24, 2.45) is 0 Å². The van der Waals surface area contributed by atoms with E-state index < -0.39 is 11.7 Å². The van der Waals surface area contributed by atoms with Crippen LogP contribution >= 0.6 is 0 Å². The molecule has 90 valence electrons. The highest BCUT2D eigenvalue weighted by Crippen LogP contribution is 2.15. The molecule has 1 aromatic carbocycles. The van der Waals surface area contributed by atoms with Gasteiger partial charge in [0.05, 0.1) is 10.7 Å². The smallest absolute Gasteiger partial charge is 0.335 e. The number of benzene rings is 1. The Morgan fingerprint density at radius 2 is 2.28 bits per heavy atom. The average Bonchev–Trinajstić information content (AvgIpc) is 2.89. The minimum Gasteiger partial charge on any atom is -0.872 e. The molecule has 3 aromatic rings. The van der Waals surface area contributed by atoms with E-state index in [1.54, 1.807) is 0 Å². The summed E-state index contributed by atoms with van der Waals surface area (Å²) < 4.78 is 4.43. The average molecular weight is 247 g/mol. The summed E-state index contributed by atoms with van der Waals surface area (Å²) in [5.41, 5.74) is 0.615. The van der Waals surface area contributed by atoms with Crippen LogP contribution in [0.1, 0.15) is 10.4 Å². The fourth-order valence-electron chi connectivity index (χ4n) is 1.48. The van der Waals surface area contributed by atoms with E-state index in [2.05, 4.69) is 25.1 Å². The van der Waals surface area contributed by atoms with Crippen LogP contribution in [0, 0.1) is 0 Å². The molecule has 0 bridgehead atoms. The van der Waals surface area contributed by atoms with Gasteiger partial charge in [-0.3, -0.25) is 0 Å². The minimum absolute atomic E-state index is 0.248. The third kappa shape index (κ3) is 1.45. The van der Waals surface area contributed by atoms with Crippen molar-refractivity contribution in [1.29, 1.82) is 0 Å². The first-order chi connectivity index (χ1) is 8.65. The molecule has 9 heteroatoms. The second-order valence-corrected chi connectivity index (χ2v) is 3.45. The van der Waals surface area contributed by atoms with Crippen molar-refractivity contribution in [2.75, 3.05) is 0 Å². The van der Waals surface area contributed by atoms with E-state index in [1.165, 1.54) is 16.9 Å². The molecule has 2 heterocycles. The largest absolute Gasteiger partial charge is 0.872 e. The summed E-state index contributed by atoms with van der Waals surface area (Å²) in [6.45, 7) is 0. The number of rotatable bonds is 2. The molecule has 0 aliphatic carbocycles. The maximum absolute atomic E-state index is 11.3. The Morgan fingerprint density at radius 1 is 1.44 bits per heavy atom. The predicted molar refractivity (Wildman–Crippen MR) is 51.9 cm³/mol. The van der Waals surface area contributed by atoms with Crippen LogP contribution in [0.4, 0.5) is 0 Å². The number of H-pyrrole nitrogens is 1. The minimum atomic E-state index is -1.29. The van der Waals surface area contributed by atoms with Crippen molar-refractivity contribution in [1.82, 2.24) is 20.5 Å². The molecular weight excluding hydrogens is 242 g/mol. The fourth-order valence-corrected chi connectivity index (χ4v) is 1.48. The fraction of sp³-hybridized carbons (Fsp3) is 0. The molecule has 18 heavy (non-hydrogen) atoms. The lowest BCUT2D eigenvalue weighted by Crippen LogP contribution is -2.36. The summed E-state index contributed by atoms with van der Waals surface area (Å²) in [7, 11) is 0. The topological polar surface area (TPSA) is 132 Å². The first-order valence-corrected chi connectivity index (χ1v) is 4.80. The Kier molecular flexibility index (Phi) is 1.99. The van der Waals surface area contributed by atoms with E-state index in [-0.39, 0.29) is 11.2 Å². The molecule has 0 saturated heterocycles. The predicted octanol–water partition coefficient (Wildman–Crippen LogP) is -1.01. The standard InChI is InChI=1S/C9H5N5O4/c15-6-2-1-4(3-5(6)9(16)17)14-10-7-8(11-14)13-18-12-7/h1-3H,(H2-,10,11,12,13,15,16,17). The molecule has 0 atom stereocenters. The summed E-state index contributed by atoms with van der Waals surface area (Å²) in [4.78, 5) is 12.1. The second-order valence-electron chi connectivity index (χ2n) is 3.45. The number of carbonyl (C=O) groups is 1. The summed E-state index contributed by atoms with van der Waals surface area (Å²) in [5.74, 6) is -1.86. The van der Waals surface area contributed by atoms with Crippen LogP contribution in [0.25, 0.3) is 17.0 Å². The van der Waals surface area contributed by atoms with Crippen LogP contribution in [0.5, 0.6) is 5.75 Å². The highest BCUT2D eigenvalue weighted by atomic mass is 16.6. The number of carboxylic acids is 1. The Hall–Kier alpha value is -2.97. The van der Waals surface area contributed by atoms with Crippen LogP contribution in [0.3, 0.4) is 0 Å². The van der Waals surface area contributed by atoms with Gasteiger partial charge in [0.25, 0.3) is 11.3 Å². The van der Waals surface area contributed by atoms with Crippen LogP contribution in [-0.4, -0.2) is 31.6 Å². The van der Waals surface area contributed by atoms with E-state index in [1.807, 2.05) is 0 Å². The van der Waals surface area contributed by atoms with Crippen LogP contribution in [-0.2, 0) is 0 Å². The van der Waals surface area contributed by atoms with Gasteiger partial charge in [0.15, 0.2) is 0 Å². The number of hydrogen-bond acceptors (Lipinski definition) is 6. The second kappa shape index (κ2) is 3.52. The highest BCUT2D eigenvalue weighted by molar-refractivity contribution is 5.91. The molecule has 3 rings (SSSR count). The lowest BCUT2D eigenvalue weighted by molar-refractivity contribution is -0.711. The van der Waals surface area contributed by atoms with Gasteiger partial charge in [-0.25, -0.2) is 9.42 Å². The molecule has 2 N–H and O–H groups in total. The molecule has 9 nitrogen and oxygen atoms in total. The van der Waals surface area contributed by atoms with Crippen molar-refractivity contribution in [2.45, 2.75) is 0 Å². The van der Waals surface area contributed by atoms with Gasteiger partial charge in [-0.1, -0.05) is 11.8 Å². The Balaban J connectivity index is 2.14. The van der Waals surface area contributed by atoms with Gasteiger partial charge in [-0.15, -0.1) is 5.10 Å². The molecule has 0 aliphatic heterocycles. The van der Waals surface area contributed by atoms with E-state index in [0.717, 1.165) is 6.07 Å². The van der Waals surface area contributed by atoms with Gasteiger partial charge in [0, 0.05) is 16.9 Å². The van der Waals surface area contributed by atoms with Crippen molar-refractivity contribution in [3.63, 3.8) is 0 Å². The van der Waals surface area contributed by atoms with E-state index in [0.29, 0.717) is 11.3 Å². The number of aromatic carboxylic acids is 1. The molecule has 0 unspecified atom stereocenters. The van der Waals surface area contributed by atoms with Gasteiger partial charge in [0.2, 0.25) is 0 Å². The molecule has 0 aliphatic rings. The van der Waals surface area contributed by atoms with Gasteiger partial charge in [0.1, 0.15) is 0 Å². The summed E-state index contributed by atoms with van der Waals surface area (Å²) in [5, 5.41) is 33.9. The van der Waals surface area contributed by atoms with Gasteiger partial charge < -0.3 is 10.2 Å². The lowest BCUT2D eigenvalue weighted by Gasteiger charge is -2.07. The Labute approximate surface area is 98.2 Å². The molecule has 0 radical (unpaired) electrons. The van der Waals surface area contributed by atoms with E-state index in [9.17, 15) is 9.90 Å². The SMILES string of the molecule is O=C(O)c1cc(-[n+]2nc3nonc3[nH]2)ccc1[O-]. The molecule has 0 spiro atoms. The number of carboxylic acid groups (broad SMARTS) is 1. The molecule has 0 saturated carbocycles. The van der Waals surface area contributed by atoms with Crippen molar-refractivity contribution < 1.29 is 24.4 Å². The third-order valence-electron chi connectivity index (χ3n) is 2.32. The number of nitrogens with zero attached hydrogens (tertiary/aromatic N) is 4. The van der Waals surface area contributed by atoms with Crippen LogP contribution < -0.4 is 9.90 Å². The maximum Gasteiger partial charge on any atom is 0.335 e. The highest BCUT2D eigenvalue weighted by Gasteiger charge is 2.19. The normalized spacial score (nSPS) is 10.9. The van der Waals surface area contributed by atoms with E-state index in [4.69, 9.17) is 5.11 Å². The van der Waals surface area contributed by atoms with Gasteiger partial charge >= 0.3 is 11.6 Å². The summed E-state index contributed by atoms with van der Waals surface area (Å²) in [6.07, 6.45) is 0. The number of aromatic amines is 1. The Bertz CT molecular complexity index is 718. The monoisotopic (exact) mass is 247 g/mol. The van der Waals surface area contributed by atoms with Crippen molar-refractivity contribution in [3.05, 3.63) is 23.8 Å². The maximum atomic E-state index is 11.3.